The van der Waals surface area contributed by atoms with Crippen molar-refractivity contribution in [1.29, 1.82) is 0 Å². The lowest BCUT2D eigenvalue weighted by atomic mass is 9.99. The molecule has 0 unspecified atom stereocenters. The number of para-hydroxylation sites is 2. The van der Waals surface area contributed by atoms with Crippen molar-refractivity contribution in [3.63, 3.8) is 0 Å². The molecule has 1 heterocycles. The lowest BCUT2D eigenvalue weighted by Gasteiger charge is -2.33. The van der Waals surface area contributed by atoms with Crippen LogP contribution in [-0.4, -0.2) is 73.5 Å². The number of hydrogen-bond acceptors (Lipinski definition) is 6. The maximum absolute atomic E-state index is 13.8. The molecule has 45 heavy (non-hydrogen) atoms. The maximum Gasteiger partial charge on any atom is 0.255 e. The third-order valence-corrected chi connectivity index (χ3v) is 7.75. The number of ether oxygens (including phenoxy) is 2. The Hall–Kier alpha value is -4.08. The molecule has 246 valence electrons. The number of hydrogen-bond donors (Lipinski definition) is 3. The van der Waals surface area contributed by atoms with E-state index in [1.807, 2.05) is 38.1 Å². The van der Waals surface area contributed by atoms with Crippen LogP contribution in [0.3, 0.4) is 0 Å². The fourth-order valence-electron chi connectivity index (χ4n) is 5.40. The molecule has 2 aromatic carbocycles. The number of likely N-dealkylation sites (N-methyl/N-ethyl adjacent to an activating group) is 1. The van der Waals surface area contributed by atoms with Gasteiger partial charge in [0, 0.05) is 7.05 Å². The van der Waals surface area contributed by atoms with E-state index in [-0.39, 0.29) is 61.4 Å². The average molecular weight is 623 g/mol. The second-order valence-corrected chi connectivity index (χ2v) is 12.9. The lowest BCUT2D eigenvalue weighted by molar-refractivity contribution is -0.138. The fraction of sp³-hybridized carbons (Fsp3) is 0.543. The van der Waals surface area contributed by atoms with E-state index in [4.69, 9.17) is 9.47 Å². The van der Waals surface area contributed by atoms with Gasteiger partial charge in [-0.3, -0.25) is 19.2 Å². The van der Waals surface area contributed by atoms with Crippen molar-refractivity contribution in [3.05, 3.63) is 59.7 Å². The van der Waals surface area contributed by atoms with Gasteiger partial charge in [-0.1, -0.05) is 71.9 Å². The van der Waals surface area contributed by atoms with Crippen LogP contribution in [0.5, 0.6) is 11.5 Å². The van der Waals surface area contributed by atoms with Crippen molar-refractivity contribution in [2.45, 2.75) is 84.8 Å². The molecule has 3 N–H and O–H groups in total. The van der Waals surface area contributed by atoms with E-state index in [0.717, 1.165) is 11.3 Å². The highest BCUT2D eigenvalue weighted by Crippen LogP contribution is 2.26. The molecule has 4 amide bonds. The Kier molecular flexibility index (Phi) is 13.2. The van der Waals surface area contributed by atoms with Crippen LogP contribution in [0.25, 0.3) is 0 Å². The number of nitrogens with one attached hydrogen (secondary N) is 3. The molecule has 0 saturated carbocycles. The first kappa shape index (κ1) is 35.4. The highest BCUT2D eigenvalue weighted by Gasteiger charge is 2.33. The number of carbonyl (C=O) groups is 4. The van der Waals surface area contributed by atoms with E-state index in [1.165, 1.54) is 0 Å². The Morgan fingerprint density at radius 3 is 2.31 bits per heavy atom. The number of amides is 4. The van der Waals surface area contributed by atoms with Gasteiger partial charge >= 0.3 is 0 Å². The average Bonchev–Trinajstić information content (AvgIpc) is 2.99. The Balaban J connectivity index is 1.84. The van der Waals surface area contributed by atoms with E-state index in [0.29, 0.717) is 18.6 Å². The zero-order chi connectivity index (χ0) is 33.1. The van der Waals surface area contributed by atoms with Crippen molar-refractivity contribution >= 4 is 23.6 Å². The van der Waals surface area contributed by atoms with Gasteiger partial charge in [0.25, 0.3) is 5.91 Å². The molecular weight excluding hydrogens is 572 g/mol. The summed E-state index contributed by atoms with van der Waals surface area (Å²) in [6.07, 6.45) is 0.748. The van der Waals surface area contributed by atoms with Crippen LogP contribution in [0, 0.1) is 11.8 Å². The van der Waals surface area contributed by atoms with E-state index in [2.05, 4.69) is 43.6 Å². The molecule has 0 aromatic heterocycles. The number of nitrogens with zero attached hydrogens (tertiary/aromatic N) is 1. The molecule has 0 bridgehead atoms. The van der Waals surface area contributed by atoms with Gasteiger partial charge < -0.3 is 30.3 Å². The van der Waals surface area contributed by atoms with Gasteiger partial charge in [-0.2, -0.15) is 0 Å². The summed E-state index contributed by atoms with van der Waals surface area (Å²) in [5.41, 5.74) is 1.29. The highest BCUT2D eigenvalue weighted by atomic mass is 16.5. The van der Waals surface area contributed by atoms with Gasteiger partial charge in [0.15, 0.2) is 0 Å². The number of benzene rings is 2. The van der Waals surface area contributed by atoms with Crippen LogP contribution in [0.4, 0.5) is 0 Å². The van der Waals surface area contributed by atoms with Gasteiger partial charge in [-0.15, -0.1) is 0 Å². The minimum Gasteiger partial charge on any atom is -0.491 e. The van der Waals surface area contributed by atoms with Crippen LogP contribution in [0.1, 0.15) is 82.6 Å². The first-order valence-corrected chi connectivity index (χ1v) is 15.9. The normalized spacial score (nSPS) is 19.8. The lowest BCUT2D eigenvalue weighted by Crippen LogP contribution is -2.55. The predicted octanol–water partition coefficient (Wildman–Crippen LogP) is 4.29. The summed E-state index contributed by atoms with van der Waals surface area (Å²) in [6, 6.07) is 12.2. The first-order valence-electron chi connectivity index (χ1n) is 15.9. The van der Waals surface area contributed by atoms with Crippen LogP contribution in [-0.2, 0) is 14.4 Å². The molecule has 0 aliphatic carbocycles. The van der Waals surface area contributed by atoms with E-state index >= 15 is 0 Å². The van der Waals surface area contributed by atoms with E-state index < -0.39 is 29.8 Å². The van der Waals surface area contributed by atoms with Gasteiger partial charge in [0.05, 0.1) is 24.6 Å². The Bertz CT molecular complexity index is 1310. The highest BCUT2D eigenvalue weighted by molar-refractivity contribution is 6.01. The number of carbonyl (C=O) groups excluding carboxylic acids is 4. The van der Waals surface area contributed by atoms with E-state index in [9.17, 15) is 19.2 Å². The summed E-state index contributed by atoms with van der Waals surface area (Å²) in [5, 5.41) is 8.37. The Morgan fingerprint density at radius 2 is 1.62 bits per heavy atom. The Morgan fingerprint density at radius 1 is 0.956 bits per heavy atom. The fourth-order valence-corrected chi connectivity index (χ4v) is 5.40. The molecule has 10 nitrogen and oxygen atoms in total. The van der Waals surface area contributed by atoms with Gasteiger partial charge in [0.2, 0.25) is 17.7 Å². The summed E-state index contributed by atoms with van der Waals surface area (Å²) >= 11 is 0. The van der Waals surface area contributed by atoms with Gasteiger partial charge in [-0.25, -0.2) is 0 Å². The SMILES string of the molecule is CC(C)C[C@@H]1COc2ccccc2C(=O)N[C@H](C(=O)NCCOc2ccccc2C(C)C)CC(=O)N[C@H](CC(C)C)C(=O)N1C. The molecule has 10 heteroatoms. The summed E-state index contributed by atoms with van der Waals surface area (Å²) in [5.74, 6) is -0.0590. The van der Waals surface area contributed by atoms with E-state index in [1.54, 1.807) is 36.2 Å². The zero-order valence-corrected chi connectivity index (χ0v) is 27.7. The van der Waals surface area contributed by atoms with Crippen LogP contribution in [0.2, 0.25) is 0 Å². The smallest absolute Gasteiger partial charge is 0.255 e. The summed E-state index contributed by atoms with van der Waals surface area (Å²) in [7, 11) is 1.72. The van der Waals surface area contributed by atoms with Crippen molar-refractivity contribution < 1.29 is 28.7 Å². The second kappa shape index (κ2) is 16.8. The largest absolute Gasteiger partial charge is 0.491 e. The summed E-state index contributed by atoms with van der Waals surface area (Å²) < 4.78 is 12.1. The van der Waals surface area contributed by atoms with Crippen LogP contribution in [0.15, 0.2) is 48.5 Å². The molecule has 0 radical (unpaired) electrons. The van der Waals surface area contributed by atoms with Crippen molar-refractivity contribution in [2.75, 3.05) is 26.8 Å². The molecule has 0 fully saturated rings. The van der Waals surface area contributed by atoms with Crippen molar-refractivity contribution in [2.24, 2.45) is 11.8 Å². The maximum atomic E-state index is 13.8. The quantitative estimate of drug-likeness (QED) is 0.340. The van der Waals surface area contributed by atoms with Crippen LogP contribution < -0.4 is 25.4 Å². The van der Waals surface area contributed by atoms with Crippen molar-refractivity contribution in [1.82, 2.24) is 20.9 Å². The zero-order valence-electron chi connectivity index (χ0n) is 27.7. The first-order chi connectivity index (χ1) is 21.4. The summed E-state index contributed by atoms with van der Waals surface area (Å²) in [6.45, 7) is 12.8. The second-order valence-electron chi connectivity index (χ2n) is 12.9. The number of fused-ring (bicyclic) bond motifs is 1. The standard InChI is InChI=1S/C35H50N4O6/c1-22(2)18-25-21-45-31-15-11-9-13-27(31)33(41)38-28(20-32(40)37-29(19-23(3)4)35(43)39(25)7)34(42)36-16-17-44-30-14-10-8-12-26(30)24(5)6/h8-15,22-25,28-29H,16-21H2,1-7H3,(H,36,42)(H,37,40)(H,38,41)/t25-,28+,29-/m1/s1. The van der Waals surface area contributed by atoms with Crippen molar-refractivity contribution in [3.8, 4) is 11.5 Å². The molecule has 1 aliphatic heterocycles. The minimum atomic E-state index is -1.20. The summed E-state index contributed by atoms with van der Waals surface area (Å²) in [4.78, 5) is 55.7. The predicted molar refractivity (Wildman–Crippen MR) is 174 cm³/mol. The number of rotatable bonds is 10. The third-order valence-electron chi connectivity index (χ3n) is 7.75. The molecular formula is C35H50N4O6. The van der Waals surface area contributed by atoms with Crippen LogP contribution >= 0.6 is 0 Å². The Labute approximate surface area is 267 Å². The van der Waals surface area contributed by atoms with Gasteiger partial charge in [-0.05, 0) is 54.4 Å². The molecule has 3 rings (SSSR count). The molecule has 1 aliphatic rings. The molecule has 3 atom stereocenters. The monoisotopic (exact) mass is 622 g/mol. The third kappa shape index (κ3) is 10.5. The minimum absolute atomic E-state index is 0.123. The molecule has 2 aromatic rings. The molecule has 0 saturated heterocycles. The molecule has 0 spiro atoms. The van der Waals surface area contributed by atoms with Gasteiger partial charge in [0.1, 0.15) is 36.8 Å². The topological polar surface area (TPSA) is 126 Å².